The summed E-state index contributed by atoms with van der Waals surface area (Å²) in [6.45, 7) is 4.06. The van der Waals surface area contributed by atoms with Crippen LogP contribution in [0.1, 0.15) is 18.1 Å². The van der Waals surface area contributed by atoms with E-state index < -0.39 is 0 Å². The van der Waals surface area contributed by atoms with Gasteiger partial charge in [-0.05, 0) is 36.6 Å². The molecule has 1 aromatic carbocycles. The highest BCUT2D eigenvalue weighted by atomic mass is 79.9. The summed E-state index contributed by atoms with van der Waals surface area (Å²) >= 11 is 3.53. The molecule has 2 N–H and O–H groups in total. The Bertz CT molecular complexity index is 395. The first-order valence-electron chi connectivity index (χ1n) is 5.98. The van der Waals surface area contributed by atoms with Crippen molar-refractivity contribution in [2.24, 2.45) is 5.73 Å². The quantitative estimate of drug-likeness (QED) is 0.907. The molecule has 0 saturated carbocycles. The first-order valence-corrected chi connectivity index (χ1v) is 6.77. The molecule has 0 amide bonds. The van der Waals surface area contributed by atoms with Crippen LogP contribution in [0.15, 0.2) is 16.6 Å². The van der Waals surface area contributed by atoms with Crippen LogP contribution < -0.4 is 10.5 Å². The first-order chi connectivity index (χ1) is 8.20. The van der Waals surface area contributed by atoms with Gasteiger partial charge in [0.1, 0.15) is 5.75 Å². The first kappa shape index (κ1) is 12.9. The number of fused-ring (bicyclic) bond motifs is 1. The monoisotopic (exact) mass is 299 g/mol. The molecule has 0 saturated heterocycles. The van der Waals surface area contributed by atoms with Gasteiger partial charge in [-0.1, -0.05) is 15.9 Å². The van der Waals surface area contributed by atoms with Gasteiger partial charge in [0.25, 0.3) is 0 Å². The molecule has 2 rings (SSSR count). The van der Waals surface area contributed by atoms with E-state index in [0.717, 1.165) is 29.7 Å². The summed E-state index contributed by atoms with van der Waals surface area (Å²) in [4.78, 5) is 0. The van der Waals surface area contributed by atoms with Crippen molar-refractivity contribution in [2.75, 3.05) is 19.8 Å². The molecule has 1 atom stereocenters. The molecule has 1 heterocycles. The van der Waals surface area contributed by atoms with Crippen LogP contribution in [-0.2, 0) is 17.6 Å². The molecule has 1 aliphatic heterocycles. The second-order valence-corrected chi connectivity index (χ2v) is 5.19. The number of ether oxygens (including phenoxy) is 2. The zero-order valence-electron chi connectivity index (χ0n) is 10.0. The lowest BCUT2D eigenvalue weighted by molar-refractivity contribution is 0.133. The molecule has 1 aromatic rings. The van der Waals surface area contributed by atoms with E-state index in [1.165, 1.54) is 11.1 Å². The zero-order valence-corrected chi connectivity index (χ0v) is 11.6. The number of halogens is 1. The molecule has 1 unspecified atom stereocenters. The van der Waals surface area contributed by atoms with E-state index in [9.17, 15) is 0 Å². The zero-order chi connectivity index (χ0) is 12.3. The summed E-state index contributed by atoms with van der Waals surface area (Å²) in [7, 11) is 0. The topological polar surface area (TPSA) is 44.5 Å². The second kappa shape index (κ2) is 5.85. The van der Waals surface area contributed by atoms with Crippen LogP contribution in [0, 0.1) is 0 Å². The second-order valence-electron chi connectivity index (χ2n) is 4.28. The number of hydrogen-bond donors (Lipinski definition) is 1. The maximum Gasteiger partial charge on any atom is 0.125 e. The molecule has 0 aromatic heterocycles. The third kappa shape index (κ3) is 3.21. The van der Waals surface area contributed by atoms with Gasteiger partial charge >= 0.3 is 0 Å². The van der Waals surface area contributed by atoms with Crippen LogP contribution in [0.25, 0.3) is 0 Å². The fraction of sp³-hybridized carbons (Fsp3) is 0.538. The predicted molar refractivity (Wildman–Crippen MR) is 71.5 cm³/mol. The van der Waals surface area contributed by atoms with Gasteiger partial charge in [-0.3, -0.25) is 0 Å². The molecule has 0 bridgehead atoms. The number of rotatable bonds is 5. The van der Waals surface area contributed by atoms with Crippen LogP contribution in [-0.4, -0.2) is 25.9 Å². The van der Waals surface area contributed by atoms with Crippen molar-refractivity contribution < 1.29 is 9.47 Å². The highest BCUT2D eigenvalue weighted by Crippen LogP contribution is 2.33. The molecule has 4 heteroatoms. The van der Waals surface area contributed by atoms with Crippen molar-refractivity contribution in [1.29, 1.82) is 0 Å². The molecular formula is C13H18BrNO2. The Morgan fingerprint density at radius 2 is 2.35 bits per heavy atom. The summed E-state index contributed by atoms with van der Waals surface area (Å²) in [5, 5.41) is 0. The third-order valence-electron chi connectivity index (χ3n) is 2.84. The van der Waals surface area contributed by atoms with E-state index in [1.54, 1.807) is 0 Å². The van der Waals surface area contributed by atoms with E-state index in [1.807, 2.05) is 6.92 Å². The standard InChI is InChI=1S/C13H18BrNO2/c1-2-16-8-12(15)7-10-6-11(14)5-9-3-4-17-13(9)10/h5-6,12H,2-4,7-8,15H2,1H3. The van der Waals surface area contributed by atoms with Gasteiger partial charge in [-0.15, -0.1) is 0 Å². The van der Waals surface area contributed by atoms with Crippen molar-refractivity contribution in [1.82, 2.24) is 0 Å². The van der Waals surface area contributed by atoms with E-state index in [2.05, 4.69) is 28.1 Å². The number of nitrogens with two attached hydrogens (primary N) is 1. The Morgan fingerprint density at radius 3 is 3.12 bits per heavy atom. The van der Waals surface area contributed by atoms with Crippen molar-refractivity contribution in [2.45, 2.75) is 25.8 Å². The van der Waals surface area contributed by atoms with Gasteiger partial charge in [0.15, 0.2) is 0 Å². The van der Waals surface area contributed by atoms with Gasteiger partial charge in [0.2, 0.25) is 0 Å². The Balaban J connectivity index is 2.10. The van der Waals surface area contributed by atoms with Gasteiger partial charge in [-0.2, -0.15) is 0 Å². The molecule has 94 valence electrons. The largest absolute Gasteiger partial charge is 0.493 e. The minimum atomic E-state index is 0.0255. The van der Waals surface area contributed by atoms with Crippen molar-refractivity contribution in [3.63, 3.8) is 0 Å². The Morgan fingerprint density at radius 1 is 1.53 bits per heavy atom. The Labute approximate surface area is 110 Å². The lowest BCUT2D eigenvalue weighted by Crippen LogP contribution is -2.28. The van der Waals surface area contributed by atoms with Crippen LogP contribution in [0.5, 0.6) is 5.75 Å². The highest BCUT2D eigenvalue weighted by molar-refractivity contribution is 9.10. The van der Waals surface area contributed by atoms with Crippen LogP contribution in [0.3, 0.4) is 0 Å². The smallest absolute Gasteiger partial charge is 0.125 e. The van der Waals surface area contributed by atoms with Crippen LogP contribution in [0.2, 0.25) is 0 Å². The van der Waals surface area contributed by atoms with E-state index in [0.29, 0.717) is 13.2 Å². The average Bonchev–Trinajstić information content (AvgIpc) is 2.74. The Hall–Kier alpha value is -0.580. The fourth-order valence-electron chi connectivity index (χ4n) is 2.11. The average molecular weight is 300 g/mol. The summed E-state index contributed by atoms with van der Waals surface area (Å²) in [5.74, 6) is 1.03. The molecule has 0 radical (unpaired) electrons. The van der Waals surface area contributed by atoms with E-state index >= 15 is 0 Å². The van der Waals surface area contributed by atoms with Crippen molar-refractivity contribution >= 4 is 15.9 Å². The maximum atomic E-state index is 6.04. The molecule has 1 aliphatic rings. The van der Waals surface area contributed by atoms with Crippen molar-refractivity contribution in [3.8, 4) is 5.75 Å². The summed E-state index contributed by atoms with van der Waals surface area (Å²) in [6, 6.07) is 4.24. The predicted octanol–water partition coefficient (Wildman–Crippen LogP) is 2.29. The molecule has 0 aliphatic carbocycles. The number of benzene rings is 1. The van der Waals surface area contributed by atoms with Gasteiger partial charge < -0.3 is 15.2 Å². The molecule has 17 heavy (non-hydrogen) atoms. The van der Waals surface area contributed by atoms with Crippen LogP contribution in [0.4, 0.5) is 0 Å². The van der Waals surface area contributed by atoms with Gasteiger partial charge in [0.05, 0.1) is 13.2 Å². The Kier molecular flexibility index (Phi) is 4.42. The van der Waals surface area contributed by atoms with Gasteiger partial charge in [0, 0.05) is 23.5 Å². The maximum absolute atomic E-state index is 6.04. The van der Waals surface area contributed by atoms with Crippen molar-refractivity contribution in [3.05, 3.63) is 27.7 Å². The normalized spacial score (nSPS) is 15.5. The lowest BCUT2D eigenvalue weighted by Gasteiger charge is -2.14. The molecule has 0 fully saturated rings. The number of hydrogen-bond acceptors (Lipinski definition) is 3. The van der Waals surface area contributed by atoms with E-state index in [-0.39, 0.29) is 6.04 Å². The summed E-state index contributed by atoms with van der Waals surface area (Å²) in [6.07, 6.45) is 1.78. The highest BCUT2D eigenvalue weighted by Gasteiger charge is 2.18. The molecule has 0 spiro atoms. The van der Waals surface area contributed by atoms with Crippen LogP contribution >= 0.6 is 15.9 Å². The van der Waals surface area contributed by atoms with E-state index in [4.69, 9.17) is 15.2 Å². The summed E-state index contributed by atoms with van der Waals surface area (Å²) < 4.78 is 12.1. The van der Waals surface area contributed by atoms with Gasteiger partial charge in [-0.25, -0.2) is 0 Å². The minimum Gasteiger partial charge on any atom is -0.493 e. The molecular weight excluding hydrogens is 282 g/mol. The lowest BCUT2D eigenvalue weighted by atomic mass is 10.0. The third-order valence-corrected chi connectivity index (χ3v) is 3.30. The SMILES string of the molecule is CCOCC(N)Cc1cc(Br)cc2c1OCC2. The fourth-order valence-corrected chi connectivity index (χ4v) is 2.66. The molecule has 3 nitrogen and oxygen atoms in total. The summed E-state index contributed by atoms with van der Waals surface area (Å²) in [5.41, 5.74) is 8.50. The minimum absolute atomic E-state index is 0.0255.